The molecule has 138 valence electrons. The van der Waals surface area contributed by atoms with Crippen molar-refractivity contribution in [1.82, 2.24) is 15.1 Å². The third kappa shape index (κ3) is 4.93. The molecular formula is C19H35N3O2. The first kappa shape index (κ1) is 18.2. The maximum Gasteiger partial charge on any atom is 0.317 e. The standard InChI is InChI=1S/C19H35N3O2/c1-19(2,3)22-8-6-15(7-9-22)20-16-10-17(11-16)21(13-18(23)24)12-14-4-5-14/h14-17,20H,4-13H2,1-3H3,(H,23,24). The largest absolute Gasteiger partial charge is 0.480 e. The second-order valence-corrected chi connectivity index (χ2v) is 9.19. The molecule has 3 rings (SSSR count). The van der Waals surface area contributed by atoms with Crippen LogP contribution in [0, 0.1) is 5.92 Å². The average Bonchev–Trinajstić information content (AvgIpc) is 3.25. The Morgan fingerprint density at radius 1 is 1.12 bits per heavy atom. The SMILES string of the molecule is CC(C)(C)N1CCC(NC2CC(N(CC(=O)O)CC3CC3)C2)CC1. The van der Waals surface area contributed by atoms with Crippen molar-refractivity contribution in [2.75, 3.05) is 26.2 Å². The number of piperidine rings is 1. The Morgan fingerprint density at radius 2 is 1.75 bits per heavy atom. The Kier molecular flexibility index (Phi) is 5.52. The van der Waals surface area contributed by atoms with Gasteiger partial charge in [0.1, 0.15) is 0 Å². The topological polar surface area (TPSA) is 55.8 Å². The summed E-state index contributed by atoms with van der Waals surface area (Å²) in [5, 5.41) is 13.0. The average molecular weight is 338 g/mol. The van der Waals surface area contributed by atoms with Crippen molar-refractivity contribution in [3.05, 3.63) is 0 Å². The number of likely N-dealkylation sites (tertiary alicyclic amines) is 1. The molecule has 5 nitrogen and oxygen atoms in total. The van der Waals surface area contributed by atoms with Crippen LogP contribution in [0.15, 0.2) is 0 Å². The van der Waals surface area contributed by atoms with Crippen LogP contribution < -0.4 is 5.32 Å². The van der Waals surface area contributed by atoms with Gasteiger partial charge in [-0.3, -0.25) is 14.6 Å². The van der Waals surface area contributed by atoms with Gasteiger partial charge in [0.2, 0.25) is 0 Å². The van der Waals surface area contributed by atoms with Gasteiger partial charge in [-0.25, -0.2) is 0 Å². The lowest BCUT2D eigenvalue weighted by molar-refractivity contribution is -0.139. The molecule has 2 aliphatic carbocycles. The quantitative estimate of drug-likeness (QED) is 0.746. The van der Waals surface area contributed by atoms with Crippen LogP contribution in [0.2, 0.25) is 0 Å². The van der Waals surface area contributed by atoms with Crippen molar-refractivity contribution in [2.24, 2.45) is 5.92 Å². The normalized spacial score (nSPS) is 29.7. The Hall–Kier alpha value is -0.650. The highest BCUT2D eigenvalue weighted by atomic mass is 16.4. The van der Waals surface area contributed by atoms with Crippen molar-refractivity contribution < 1.29 is 9.90 Å². The second kappa shape index (κ2) is 7.30. The second-order valence-electron chi connectivity index (χ2n) is 9.19. The number of nitrogens with one attached hydrogen (secondary N) is 1. The molecule has 1 aliphatic heterocycles. The monoisotopic (exact) mass is 337 g/mol. The molecule has 0 amide bonds. The third-order valence-corrected chi connectivity index (χ3v) is 6.07. The van der Waals surface area contributed by atoms with Gasteiger partial charge in [0.05, 0.1) is 6.54 Å². The number of hydrogen-bond acceptors (Lipinski definition) is 4. The van der Waals surface area contributed by atoms with Gasteiger partial charge in [-0.1, -0.05) is 0 Å². The first-order valence-electron chi connectivity index (χ1n) is 9.78. The predicted molar refractivity (Wildman–Crippen MR) is 96.2 cm³/mol. The molecule has 3 fully saturated rings. The van der Waals surface area contributed by atoms with Gasteiger partial charge in [0, 0.05) is 43.3 Å². The highest BCUT2D eigenvalue weighted by molar-refractivity contribution is 5.69. The molecule has 0 spiro atoms. The minimum atomic E-state index is -0.679. The molecule has 0 atom stereocenters. The van der Waals surface area contributed by atoms with Crippen LogP contribution in [0.25, 0.3) is 0 Å². The number of aliphatic carboxylic acids is 1. The molecule has 0 radical (unpaired) electrons. The maximum absolute atomic E-state index is 11.1. The van der Waals surface area contributed by atoms with Crippen molar-refractivity contribution in [3.63, 3.8) is 0 Å². The molecule has 1 heterocycles. The minimum Gasteiger partial charge on any atom is -0.480 e. The molecule has 0 aromatic heterocycles. The lowest BCUT2D eigenvalue weighted by Gasteiger charge is -2.46. The summed E-state index contributed by atoms with van der Waals surface area (Å²) in [6, 6.07) is 1.72. The van der Waals surface area contributed by atoms with Crippen LogP contribution in [0.3, 0.4) is 0 Å². The zero-order valence-corrected chi connectivity index (χ0v) is 15.6. The fourth-order valence-electron chi connectivity index (χ4n) is 4.22. The molecule has 0 aromatic carbocycles. The first-order valence-corrected chi connectivity index (χ1v) is 9.78. The molecule has 24 heavy (non-hydrogen) atoms. The summed E-state index contributed by atoms with van der Waals surface area (Å²) in [7, 11) is 0. The number of hydrogen-bond donors (Lipinski definition) is 2. The molecule has 2 N–H and O–H groups in total. The van der Waals surface area contributed by atoms with E-state index in [9.17, 15) is 4.79 Å². The first-order chi connectivity index (χ1) is 11.3. The smallest absolute Gasteiger partial charge is 0.317 e. The summed E-state index contributed by atoms with van der Waals surface area (Å²) in [6.45, 7) is 10.5. The molecule has 1 saturated heterocycles. The molecule has 5 heteroatoms. The summed E-state index contributed by atoms with van der Waals surface area (Å²) in [6.07, 6.45) is 7.30. The van der Waals surface area contributed by atoms with E-state index in [0.717, 1.165) is 25.3 Å². The fraction of sp³-hybridized carbons (Fsp3) is 0.947. The van der Waals surface area contributed by atoms with Crippen molar-refractivity contribution in [3.8, 4) is 0 Å². The van der Waals surface area contributed by atoms with Gasteiger partial charge in [0.15, 0.2) is 0 Å². The van der Waals surface area contributed by atoms with Crippen LogP contribution in [0.4, 0.5) is 0 Å². The highest BCUT2D eigenvalue weighted by Crippen LogP contribution is 2.34. The summed E-state index contributed by atoms with van der Waals surface area (Å²) in [4.78, 5) is 15.9. The van der Waals surface area contributed by atoms with Crippen LogP contribution >= 0.6 is 0 Å². The van der Waals surface area contributed by atoms with E-state index in [2.05, 4.69) is 35.9 Å². The van der Waals surface area contributed by atoms with Gasteiger partial charge in [-0.05, 0) is 65.2 Å². The molecule has 3 aliphatic rings. The van der Waals surface area contributed by atoms with Crippen LogP contribution in [-0.2, 0) is 4.79 Å². The molecular weight excluding hydrogens is 302 g/mol. The van der Waals surface area contributed by atoms with E-state index in [4.69, 9.17) is 5.11 Å². The third-order valence-electron chi connectivity index (χ3n) is 6.07. The summed E-state index contributed by atoms with van der Waals surface area (Å²) < 4.78 is 0. The predicted octanol–water partition coefficient (Wildman–Crippen LogP) is 2.17. The van der Waals surface area contributed by atoms with Crippen molar-refractivity contribution in [2.45, 2.75) is 83.0 Å². The van der Waals surface area contributed by atoms with Crippen LogP contribution in [0.5, 0.6) is 0 Å². The van der Waals surface area contributed by atoms with Gasteiger partial charge < -0.3 is 10.4 Å². The Labute approximate surface area is 146 Å². The number of rotatable bonds is 7. The van der Waals surface area contributed by atoms with Gasteiger partial charge >= 0.3 is 5.97 Å². The Bertz CT molecular complexity index is 430. The van der Waals surface area contributed by atoms with E-state index in [1.54, 1.807) is 0 Å². The molecule has 2 saturated carbocycles. The van der Waals surface area contributed by atoms with E-state index >= 15 is 0 Å². The van der Waals surface area contributed by atoms with E-state index in [-0.39, 0.29) is 12.1 Å². The Morgan fingerprint density at radius 3 is 2.25 bits per heavy atom. The fourth-order valence-corrected chi connectivity index (χ4v) is 4.22. The highest BCUT2D eigenvalue weighted by Gasteiger charge is 2.38. The number of carbonyl (C=O) groups is 1. The summed E-state index contributed by atoms with van der Waals surface area (Å²) in [5.74, 6) is 0.0831. The minimum absolute atomic E-state index is 0.220. The maximum atomic E-state index is 11.1. The van der Waals surface area contributed by atoms with Gasteiger partial charge in [-0.15, -0.1) is 0 Å². The molecule has 0 bridgehead atoms. The van der Waals surface area contributed by atoms with Crippen molar-refractivity contribution >= 4 is 5.97 Å². The zero-order valence-electron chi connectivity index (χ0n) is 15.6. The number of carboxylic acids is 1. The molecule has 0 unspecified atom stereocenters. The van der Waals surface area contributed by atoms with Crippen LogP contribution in [0.1, 0.15) is 59.3 Å². The van der Waals surface area contributed by atoms with Crippen LogP contribution in [-0.4, -0.2) is 70.7 Å². The number of carboxylic acid groups (broad SMARTS) is 1. The zero-order chi connectivity index (χ0) is 17.3. The Balaban J connectivity index is 1.38. The number of nitrogens with zero attached hydrogens (tertiary/aromatic N) is 2. The van der Waals surface area contributed by atoms with E-state index in [1.165, 1.54) is 38.8 Å². The lowest BCUT2D eigenvalue weighted by Crippen LogP contribution is -2.58. The lowest BCUT2D eigenvalue weighted by atomic mass is 9.84. The van der Waals surface area contributed by atoms with Gasteiger partial charge in [-0.2, -0.15) is 0 Å². The summed E-state index contributed by atoms with van der Waals surface area (Å²) >= 11 is 0. The van der Waals surface area contributed by atoms with E-state index in [0.29, 0.717) is 18.1 Å². The van der Waals surface area contributed by atoms with Gasteiger partial charge in [0.25, 0.3) is 0 Å². The molecule has 0 aromatic rings. The van der Waals surface area contributed by atoms with E-state index < -0.39 is 5.97 Å². The van der Waals surface area contributed by atoms with E-state index in [1.807, 2.05) is 0 Å². The van der Waals surface area contributed by atoms with Crippen molar-refractivity contribution in [1.29, 1.82) is 0 Å². The summed E-state index contributed by atoms with van der Waals surface area (Å²) in [5.41, 5.74) is 0.284.